The summed E-state index contributed by atoms with van der Waals surface area (Å²) in [5.41, 5.74) is 1.27. The van der Waals surface area contributed by atoms with Crippen LogP contribution in [0.1, 0.15) is 31.2 Å². The number of piperidine rings is 1. The Balaban J connectivity index is 1.62. The second-order valence-corrected chi connectivity index (χ2v) is 8.51. The highest BCUT2D eigenvalue weighted by molar-refractivity contribution is 7.90. The molecular formula is C15H18ClN3O2S. The van der Waals surface area contributed by atoms with Gasteiger partial charge < -0.3 is 5.32 Å². The number of nitriles is 1. The van der Waals surface area contributed by atoms with Crippen LogP contribution in [0, 0.1) is 11.3 Å². The van der Waals surface area contributed by atoms with Crippen LogP contribution in [-0.2, 0) is 10.0 Å². The topological polar surface area (TPSA) is 73.2 Å². The fourth-order valence-electron chi connectivity index (χ4n) is 2.79. The zero-order valence-electron chi connectivity index (χ0n) is 12.1. The molecule has 2 aliphatic rings. The monoisotopic (exact) mass is 339 g/mol. The van der Waals surface area contributed by atoms with E-state index < -0.39 is 10.0 Å². The van der Waals surface area contributed by atoms with Crippen molar-refractivity contribution < 1.29 is 8.42 Å². The highest BCUT2D eigenvalue weighted by Crippen LogP contribution is 2.32. The minimum atomic E-state index is -3.07. The number of benzene rings is 1. The summed E-state index contributed by atoms with van der Waals surface area (Å²) in [5, 5.41) is 12.9. The third kappa shape index (κ3) is 3.22. The van der Waals surface area contributed by atoms with E-state index in [1.807, 2.05) is 0 Å². The predicted octanol–water partition coefficient (Wildman–Crippen LogP) is 2.58. The van der Waals surface area contributed by atoms with Crippen molar-refractivity contribution in [3.63, 3.8) is 0 Å². The molecule has 0 spiro atoms. The largest absolute Gasteiger partial charge is 0.381 e. The highest BCUT2D eigenvalue weighted by Gasteiger charge is 2.41. The molecule has 0 amide bonds. The van der Waals surface area contributed by atoms with Gasteiger partial charge in [-0.05, 0) is 43.9 Å². The highest BCUT2D eigenvalue weighted by atomic mass is 35.5. The molecule has 5 nitrogen and oxygen atoms in total. The summed E-state index contributed by atoms with van der Waals surface area (Å²) in [6.45, 7) is 1.10. The molecule has 0 bridgehead atoms. The molecule has 1 aliphatic heterocycles. The molecule has 1 saturated carbocycles. The fourth-order valence-corrected chi connectivity index (χ4v) is 4.83. The SMILES string of the molecule is N#Cc1cc(Cl)ccc1NC1CCN(S(=O)(=O)C2CC2)CC1. The molecule has 1 N–H and O–H groups in total. The quantitative estimate of drug-likeness (QED) is 0.915. The Hall–Kier alpha value is -1.29. The van der Waals surface area contributed by atoms with Crippen molar-refractivity contribution in [2.75, 3.05) is 18.4 Å². The van der Waals surface area contributed by atoms with Crippen molar-refractivity contribution in [2.24, 2.45) is 0 Å². The predicted molar refractivity (Wildman–Crippen MR) is 86.3 cm³/mol. The Morgan fingerprint density at radius 1 is 1.23 bits per heavy atom. The smallest absolute Gasteiger partial charge is 0.216 e. The molecule has 0 unspecified atom stereocenters. The Morgan fingerprint density at radius 3 is 2.50 bits per heavy atom. The van der Waals surface area contributed by atoms with Gasteiger partial charge in [0.1, 0.15) is 6.07 Å². The van der Waals surface area contributed by atoms with E-state index in [2.05, 4.69) is 11.4 Å². The lowest BCUT2D eigenvalue weighted by Gasteiger charge is -2.32. The summed E-state index contributed by atoms with van der Waals surface area (Å²) in [6.07, 6.45) is 3.10. The molecule has 1 heterocycles. The van der Waals surface area contributed by atoms with Gasteiger partial charge >= 0.3 is 0 Å². The minimum Gasteiger partial charge on any atom is -0.381 e. The minimum absolute atomic E-state index is 0.140. The van der Waals surface area contributed by atoms with Crippen molar-refractivity contribution in [3.8, 4) is 6.07 Å². The van der Waals surface area contributed by atoms with Crippen LogP contribution in [0.15, 0.2) is 18.2 Å². The molecule has 7 heteroatoms. The normalized spacial score (nSPS) is 20.5. The number of sulfonamides is 1. The third-order valence-electron chi connectivity index (χ3n) is 4.22. The summed E-state index contributed by atoms with van der Waals surface area (Å²) in [4.78, 5) is 0. The van der Waals surface area contributed by atoms with Crippen LogP contribution in [0.4, 0.5) is 5.69 Å². The van der Waals surface area contributed by atoms with Gasteiger partial charge in [0.05, 0.1) is 16.5 Å². The van der Waals surface area contributed by atoms with Crippen LogP contribution in [0.25, 0.3) is 0 Å². The standard InChI is InChI=1S/C15H18ClN3O2S/c16-12-1-4-15(11(9-12)10-17)18-13-5-7-19(8-6-13)22(20,21)14-2-3-14/h1,4,9,13-14,18H,2-3,5-8H2. The van der Waals surface area contributed by atoms with Gasteiger partial charge in [0.15, 0.2) is 0 Å². The molecule has 1 aromatic rings. The Kier molecular flexibility index (Phi) is 4.31. The van der Waals surface area contributed by atoms with Crippen LogP contribution in [-0.4, -0.2) is 37.1 Å². The zero-order chi connectivity index (χ0) is 15.7. The molecular weight excluding hydrogens is 322 g/mol. The molecule has 0 aromatic heterocycles. The first-order valence-electron chi connectivity index (χ1n) is 7.46. The molecule has 3 rings (SSSR count). The van der Waals surface area contributed by atoms with Crippen LogP contribution >= 0.6 is 11.6 Å². The maximum Gasteiger partial charge on any atom is 0.216 e. The third-order valence-corrected chi connectivity index (χ3v) is 6.86. The summed E-state index contributed by atoms with van der Waals surface area (Å²) >= 11 is 5.89. The molecule has 1 aromatic carbocycles. The van der Waals surface area contributed by atoms with Crippen LogP contribution in [0.5, 0.6) is 0 Å². The van der Waals surface area contributed by atoms with E-state index in [4.69, 9.17) is 16.9 Å². The van der Waals surface area contributed by atoms with Crippen molar-refractivity contribution in [2.45, 2.75) is 37.0 Å². The average Bonchev–Trinajstić information content (AvgIpc) is 3.35. The van der Waals surface area contributed by atoms with Crippen molar-refractivity contribution >= 4 is 27.3 Å². The van der Waals surface area contributed by atoms with E-state index in [1.54, 1.807) is 22.5 Å². The van der Waals surface area contributed by atoms with Gasteiger partial charge in [-0.3, -0.25) is 0 Å². The van der Waals surface area contributed by atoms with E-state index in [1.165, 1.54) is 0 Å². The van der Waals surface area contributed by atoms with Crippen LogP contribution in [0.3, 0.4) is 0 Å². The van der Waals surface area contributed by atoms with Gasteiger partial charge in [0, 0.05) is 24.2 Å². The van der Waals surface area contributed by atoms with Crippen molar-refractivity contribution in [1.29, 1.82) is 5.26 Å². The van der Waals surface area contributed by atoms with Crippen molar-refractivity contribution in [3.05, 3.63) is 28.8 Å². The molecule has 22 heavy (non-hydrogen) atoms. The van der Waals surface area contributed by atoms with Gasteiger partial charge in [-0.1, -0.05) is 11.6 Å². The summed E-state index contributed by atoms with van der Waals surface area (Å²) in [6, 6.07) is 7.49. The number of hydrogen-bond donors (Lipinski definition) is 1. The van der Waals surface area contributed by atoms with E-state index in [-0.39, 0.29) is 11.3 Å². The van der Waals surface area contributed by atoms with Gasteiger partial charge in [0.2, 0.25) is 10.0 Å². The van der Waals surface area contributed by atoms with Gasteiger partial charge in [-0.25, -0.2) is 12.7 Å². The molecule has 118 valence electrons. The first kappa shape index (κ1) is 15.6. The molecule has 2 fully saturated rings. The maximum absolute atomic E-state index is 12.2. The zero-order valence-corrected chi connectivity index (χ0v) is 13.7. The summed E-state index contributed by atoms with van der Waals surface area (Å²) in [5.74, 6) is 0. The number of anilines is 1. The molecule has 0 radical (unpaired) electrons. The van der Waals surface area contributed by atoms with E-state index in [0.717, 1.165) is 31.4 Å². The van der Waals surface area contributed by atoms with E-state index in [9.17, 15) is 8.42 Å². The Labute approximate surface area is 135 Å². The van der Waals surface area contributed by atoms with E-state index >= 15 is 0 Å². The Bertz CT molecular complexity index is 702. The average molecular weight is 340 g/mol. The van der Waals surface area contributed by atoms with E-state index in [0.29, 0.717) is 23.7 Å². The first-order valence-corrected chi connectivity index (χ1v) is 9.34. The second kappa shape index (κ2) is 6.07. The maximum atomic E-state index is 12.2. The number of hydrogen-bond acceptors (Lipinski definition) is 4. The summed E-state index contributed by atoms with van der Waals surface area (Å²) < 4.78 is 26.0. The van der Waals surface area contributed by atoms with Crippen molar-refractivity contribution in [1.82, 2.24) is 4.31 Å². The van der Waals surface area contributed by atoms with Gasteiger partial charge in [0.25, 0.3) is 0 Å². The second-order valence-electron chi connectivity index (χ2n) is 5.86. The Morgan fingerprint density at radius 2 is 1.91 bits per heavy atom. The van der Waals surface area contributed by atoms with Gasteiger partial charge in [-0.2, -0.15) is 5.26 Å². The number of rotatable bonds is 4. The van der Waals surface area contributed by atoms with Crippen LogP contribution in [0.2, 0.25) is 5.02 Å². The lowest BCUT2D eigenvalue weighted by molar-refractivity contribution is 0.329. The molecule has 1 saturated heterocycles. The number of nitrogens with one attached hydrogen (secondary N) is 1. The number of halogens is 1. The molecule has 0 atom stereocenters. The first-order chi connectivity index (χ1) is 10.5. The van der Waals surface area contributed by atoms with Gasteiger partial charge in [-0.15, -0.1) is 0 Å². The lowest BCUT2D eigenvalue weighted by atomic mass is 10.1. The number of nitrogens with zero attached hydrogens (tertiary/aromatic N) is 2. The molecule has 1 aliphatic carbocycles. The van der Waals surface area contributed by atoms with Crippen LogP contribution < -0.4 is 5.32 Å². The summed E-state index contributed by atoms with van der Waals surface area (Å²) in [7, 11) is -3.07. The lowest BCUT2D eigenvalue weighted by Crippen LogP contribution is -2.43. The fraction of sp³-hybridized carbons (Fsp3) is 0.533.